The Labute approximate surface area is 200 Å². The summed E-state index contributed by atoms with van der Waals surface area (Å²) in [6, 6.07) is 0. The van der Waals surface area contributed by atoms with Crippen LogP contribution in [0, 0.1) is 5.41 Å². The molecule has 0 spiro atoms. The molecule has 34 heavy (non-hydrogen) atoms. The summed E-state index contributed by atoms with van der Waals surface area (Å²) in [5.41, 5.74) is 4.56. The number of hydrogen-bond acceptors (Lipinski definition) is 7. The average molecular weight is 477 g/mol. The van der Waals surface area contributed by atoms with E-state index >= 15 is 0 Å². The van der Waals surface area contributed by atoms with E-state index in [1.807, 2.05) is 13.0 Å². The van der Waals surface area contributed by atoms with Gasteiger partial charge in [0.15, 0.2) is 6.10 Å². The Morgan fingerprint density at radius 1 is 1.06 bits per heavy atom. The fourth-order valence-electron chi connectivity index (χ4n) is 4.16. The second-order valence-electron chi connectivity index (χ2n) is 9.59. The monoisotopic (exact) mass is 476 g/mol. The maximum atomic E-state index is 12.2. The van der Waals surface area contributed by atoms with Gasteiger partial charge in [0.2, 0.25) is 6.29 Å². The zero-order valence-corrected chi connectivity index (χ0v) is 20.4. The van der Waals surface area contributed by atoms with E-state index < -0.39 is 42.6 Å². The number of carboxylic acids is 1. The molecule has 0 saturated carbocycles. The number of allylic oxidation sites excluding steroid dienone is 9. The first kappa shape index (κ1) is 27.7. The van der Waals surface area contributed by atoms with Crippen molar-refractivity contribution in [2.45, 2.75) is 84.6 Å². The molecule has 0 bridgehead atoms. The maximum absolute atomic E-state index is 12.2. The molecule has 5 atom stereocenters. The van der Waals surface area contributed by atoms with Crippen LogP contribution in [0.3, 0.4) is 0 Å². The van der Waals surface area contributed by atoms with Crippen molar-refractivity contribution in [3.8, 4) is 0 Å². The molecule has 0 radical (unpaired) electrons. The van der Waals surface area contributed by atoms with E-state index in [-0.39, 0.29) is 5.41 Å². The SMILES string of the molecule is CC(C=CC1=C(C)CCCC1(C)C)=CC=CC(C)=CC(=O)OC1O[C@H](C(=O)O)C(O)C(O)[C@H]1O. The largest absolute Gasteiger partial charge is 0.479 e. The van der Waals surface area contributed by atoms with Crippen LogP contribution in [0.4, 0.5) is 0 Å². The first-order chi connectivity index (χ1) is 15.8. The van der Waals surface area contributed by atoms with E-state index in [2.05, 4.69) is 32.9 Å². The predicted molar refractivity (Wildman–Crippen MR) is 127 cm³/mol. The van der Waals surface area contributed by atoms with Crippen LogP contribution in [0.5, 0.6) is 0 Å². The van der Waals surface area contributed by atoms with Gasteiger partial charge in [0, 0.05) is 6.08 Å². The fourth-order valence-corrected chi connectivity index (χ4v) is 4.16. The second-order valence-corrected chi connectivity index (χ2v) is 9.59. The van der Waals surface area contributed by atoms with E-state index in [0.717, 1.165) is 18.1 Å². The molecule has 4 N–H and O–H groups in total. The van der Waals surface area contributed by atoms with E-state index in [9.17, 15) is 24.9 Å². The Morgan fingerprint density at radius 3 is 2.35 bits per heavy atom. The van der Waals surface area contributed by atoms with Crippen LogP contribution in [0.1, 0.15) is 53.9 Å². The first-order valence-electron chi connectivity index (χ1n) is 11.4. The molecule has 0 aromatic heterocycles. The minimum atomic E-state index is -1.85. The van der Waals surface area contributed by atoms with Crippen LogP contribution >= 0.6 is 0 Å². The second kappa shape index (κ2) is 11.8. The van der Waals surface area contributed by atoms with Gasteiger partial charge in [-0.1, -0.05) is 55.4 Å². The minimum absolute atomic E-state index is 0.170. The Balaban J connectivity index is 1.98. The first-order valence-corrected chi connectivity index (χ1v) is 11.4. The summed E-state index contributed by atoms with van der Waals surface area (Å²) in [6.07, 6.45) is 5.29. The van der Waals surface area contributed by atoms with E-state index in [0.29, 0.717) is 5.57 Å². The molecular weight excluding hydrogens is 440 g/mol. The predicted octanol–water partition coefficient (Wildman–Crippen LogP) is 2.95. The van der Waals surface area contributed by atoms with Crippen molar-refractivity contribution in [1.82, 2.24) is 0 Å². The highest BCUT2D eigenvalue weighted by molar-refractivity contribution is 5.83. The number of ether oxygens (including phenoxy) is 2. The van der Waals surface area contributed by atoms with Crippen LogP contribution in [0.2, 0.25) is 0 Å². The molecule has 8 nitrogen and oxygen atoms in total. The summed E-state index contributed by atoms with van der Waals surface area (Å²) < 4.78 is 9.88. The molecular formula is C26H36O8. The third-order valence-electron chi connectivity index (χ3n) is 6.16. The number of hydrogen-bond donors (Lipinski definition) is 4. The van der Waals surface area contributed by atoms with Gasteiger partial charge in [-0.3, -0.25) is 0 Å². The number of aliphatic carboxylic acids is 1. The number of esters is 1. The molecule has 3 unspecified atom stereocenters. The molecule has 1 saturated heterocycles. The lowest BCUT2D eigenvalue weighted by Crippen LogP contribution is -2.60. The van der Waals surface area contributed by atoms with Gasteiger partial charge in [0.25, 0.3) is 0 Å². The van der Waals surface area contributed by atoms with Crippen molar-refractivity contribution in [2.24, 2.45) is 5.41 Å². The summed E-state index contributed by atoms with van der Waals surface area (Å²) >= 11 is 0. The van der Waals surface area contributed by atoms with Crippen molar-refractivity contribution in [3.05, 3.63) is 58.7 Å². The number of rotatable bonds is 7. The normalized spacial score (nSPS) is 30.8. The van der Waals surface area contributed by atoms with Gasteiger partial charge in [-0.2, -0.15) is 0 Å². The molecule has 0 aromatic carbocycles. The van der Waals surface area contributed by atoms with Gasteiger partial charge in [0.1, 0.15) is 18.3 Å². The number of carbonyl (C=O) groups is 2. The smallest absolute Gasteiger partial charge is 0.335 e. The van der Waals surface area contributed by atoms with Crippen molar-refractivity contribution < 1.29 is 39.5 Å². The Kier molecular flexibility index (Phi) is 9.58. The lowest BCUT2D eigenvalue weighted by atomic mass is 9.72. The van der Waals surface area contributed by atoms with Crippen LogP contribution in [-0.4, -0.2) is 63.1 Å². The number of carbonyl (C=O) groups excluding carboxylic acids is 1. The van der Waals surface area contributed by atoms with E-state index in [4.69, 9.17) is 14.6 Å². The average Bonchev–Trinajstić information content (AvgIpc) is 2.73. The van der Waals surface area contributed by atoms with Crippen molar-refractivity contribution in [2.75, 3.05) is 0 Å². The topological polar surface area (TPSA) is 134 Å². The van der Waals surface area contributed by atoms with Crippen molar-refractivity contribution in [1.29, 1.82) is 0 Å². The Bertz CT molecular complexity index is 921. The number of carboxylic acid groups (broad SMARTS) is 1. The van der Waals surface area contributed by atoms with E-state index in [1.54, 1.807) is 19.1 Å². The van der Waals surface area contributed by atoms with Gasteiger partial charge in [-0.05, 0) is 56.6 Å². The summed E-state index contributed by atoms with van der Waals surface area (Å²) in [7, 11) is 0. The Morgan fingerprint density at radius 2 is 1.74 bits per heavy atom. The van der Waals surface area contributed by atoms with E-state index in [1.165, 1.54) is 24.0 Å². The van der Waals surface area contributed by atoms with Crippen LogP contribution in [0.25, 0.3) is 0 Å². The molecule has 188 valence electrons. The summed E-state index contributed by atoms with van der Waals surface area (Å²) in [5.74, 6) is -2.44. The van der Waals surface area contributed by atoms with Gasteiger partial charge in [-0.15, -0.1) is 0 Å². The lowest BCUT2D eigenvalue weighted by Gasteiger charge is -2.37. The molecule has 0 aromatic rings. The highest BCUT2D eigenvalue weighted by Crippen LogP contribution is 2.40. The highest BCUT2D eigenvalue weighted by Gasteiger charge is 2.48. The molecule has 1 aliphatic carbocycles. The standard InChI is InChI=1S/C26H36O8/c1-15(11-12-18-17(3)10-7-13-26(18,4)5)8-6-9-16(2)14-19(27)33-25-22(30)20(28)21(29)23(34-25)24(31)32/h6,8-9,11-12,14,20-23,25,28-30H,7,10,13H2,1-5H3,(H,31,32)/t20?,21?,22-,23+,25?/m1/s1. The summed E-state index contributed by atoms with van der Waals surface area (Å²) in [6.45, 7) is 10.4. The van der Waals surface area contributed by atoms with Crippen LogP contribution in [-0.2, 0) is 19.1 Å². The third kappa shape index (κ3) is 7.24. The molecule has 1 heterocycles. The molecule has 2 aliphatic rings. The van der Waals surface area contributed by atoms with Gasteiger partial charge < -0.3 is 29.9 Å². The summed E-state index contributed by atoms with van der Waals surface area (Å²) in [4.78, 5) is 23.3. The number of aliphatic hydroxyl groups is 3. The lowest BCUT2D eigenvalue weighted by molar-refractivity contribution is -0.284. The van der Waals surface area contributed by atoms with Crippen LogP contribution < -0.4 is 0 Å². The molecule has 2 rings (SSSR count). The summed E-state index contributed by atoms with van der Waals surface area (Å²) in [5, 5.41) is 38.5. The minimum Gasteiger partial charge on any atom is -0.479 e. The van der Waals surface area contributed by atoms with Gasteiger partial charge in [0.05, 0.1) is 0 Å². The highest BCUT2D eigenvalue weighted by atomic mass is 16.7. The quantitative estimate of drug-likeness (QED) is 0.250. The van der Waals surface area contributed by atoms with Crippen LogP contribution in [0.15, 0.2) is 58.7 Å². The molecule has 8 heteroatoms. The molecule has 1 fully saturated rings. The Hall–Kier alpha value is -2.52. The van der Waals surface area contributed by atoms with Gasteiger partial charge in [-0.25, -0.2) is 9.59 Å². The molecule has 0 amide bonds. The zero-order valence-electron chi connectivity index (χ0n) is 20.4. The zero-order chi connectivity index (χ0) is 25.6. The third-order valence-corrected chi connectivity index (χ3v) is 6.16. The van der Waals surface area contributed by atoms with Crippen molar-refractivity contribution in [3.63, 3.8) is 0 Å². The maximum Gasteiger partial charge on any atom is 0.335 e. The van der Waals surface area contributed by atoms with Crippen molar-refractivity contribution >= 4 is 11.9 Å². The fraction of sp³-hybridized carbons (Fsp3) is 0.538. The van der Waals surface area contributed by atoms with Gasteiger partial charge >= 0.3 is 11.9 Å². The molecule has 1 aliphatic heterocycles. The number of aliphatic hydroxyl groups excluding tert-OH is 3.